The van der Waals surface area contributed by atoms with Gasteiger partial charge >= 0.3 is 5.97 Å². The number of rotatable bonds is 53. The molecule has 3 heterocycles. The molecule has 3 aliphatic heterocycles. The van der Waals surface area contributed by atoms with Gasteiger partial charge in [-0.15, -0.1) is 0 Å². The maximum atomic E-state index is 13.6. The second-order valence-electron chi connectivity index (χ2n) is 20.8. The zero-order valence-corrected chi connectivity index (χ0v) is 50.5. The summed E-state index contributed by atoms with van der Waals surface area (Å²) in [5.41, 5.74) is 0. The van der Waals surface area contributed by atoms with Crippen molar-refractivity contribution >= 4 is 29.6 Å². The van der Waals surface area contributed by atoms with Crippen LogP contribution in [0.2, 0.25) is 0 Å². The molecule has 3 saturated heterocycles. The predicted molar refractivity (Wildman–Crippen MR) is 301 cm³/mol. The fourth-order valence-corrected chi connectivity index (χ4v) is 8.81. The van der Waals surface area contributed by atoms with Gasteiger partial charge in [-0.25, -0.2) is 4.79 Å². The van der Waals surface area contributed by atoms with Crippen molar-refractivity contribution in [3.63, 3.8) is 0 Å². The fraction of sp³-hybridized carbons (Fsp3) is 0.909. The van der Waals surface area contributed by atoms with Crippen LogP contribution < -0.4 is 21.3 Å². The van der Waals surface area contributed by atoms with Crippen LogP contribution in [0.5, 0.6) is 0 Å². The van der Waals surface area contributed by atoms with E-state index in [2.05, 4.69) is 21.3 Å². The summed E-state index contributed by atoms with van der Waals surface area (Å²) in [7, 11) is 0. The second-order valence-corrected chi connectivity index (χ2v) is 20.8. The lowest BCUT2D eigenvalue weighted by Crippen LogP contribution is -2.52. The van der Waals surface area contributed by atoms with Crippen molar-refractivity contribution in [2.24, 2.45) is 5.92 Å². The number of nitrogens with one attached hydrogen (secondary N) is 4. The van der Waals surface area contributed by atoms with Crippen molar-refractivity contribution in [2.75, 3.05) is 172 Å². The Kier molecular flexibility index (Phi) is 43.9. The number of hydrogen-bond acceptors (Lipinski definition) is 28. The Morgan fingerprint density at radius 1 is 0.420 bits per heavy atom. The van der Waals surface area contributed by atoms with E-state index in [0.717, 1.165) is 0 Å². The minimum absolute atomic E-state index is 0.0164. The van der Waals surface area contributed by atoms with Gasteiger partial charge in [0.05, 0.1) is 157 Å². The summed E-state index contributed by atoms with van der Waals surface area (Å²) in [6, 6.07) is -2.47. The zero-order chi connectivity index (χ0) is 64.2. The molecule has 0 saturated carbocycles. The number of hydrogen-bond donors (Lipinski definition) is 13. The third-order valence-corrected chi connectivity index (χ3v) is 13.7. The average molecular weight is 1280 g/mol. The molecule has 13 N–H and O–H groups in total. The number of unbranched alkanes of at least 4 members (excludes halogenated alkanes) is 2. The highest BCUT2D eigenvalue weighted by Gasteiger charge is 2.39. The van der Waals surface area contributed by atoms with Gasteiger partial charge in [-0.2, -0.15) is 0 Å². The molecule has 3 fully saturated rings. The van der Waals surface area contributed by atoms with E-state index < -0.39 is 129 Å². The first-order valence-corrected chi connectivity index (χ1v) is 30.2. The number of ether oxygens (including phenoxy) is 15. The van der Waals surface area contributed by atoms with E-state index in [1.807, 2.05) is 6.92 Å². The summed E-state index contributed by atoms with van der Waals surface area (Å²) >= 11 is 0. The molecule has 0 aromatic carbocycles. The molecule has 14 atom stereocenters. The average Bonchev–Trinajstić information content (AvgIpc) is 2.37. The van der Waals surface area contributed by atoms with Crippen LogP contribution in [0, 0.1) is 5.92 Å². The van der Waals surface area contributed by atoms with E-state index in [1.54, 1.807) is 0 Å². The van der Waals surface area contributed by atoms with E-state index in [9.17, 15) is 69.9 Å². The SMILES string of the molecule is C[C@@H]1C[C@H](OCCOCCOCCOCC(=O)N[C@@H](CCCCNC(=O)COCCOCCOCCO[C@H]2C[C@@H](O)[C@@H](O)[C@@H](CO)O2)C(=O)N[C@@H](CCCCNC(=O)COCCOCCOCCO[C@H]2C[C@@H](O)[C@@H](O)[C@@H](CO)O2)C(=O)O)O[C@H](CO)[C@@H]1O. The van der Waals surface area contributed by atoms with Crippen molar-refractivity contribution in [1.29, 1.82) is 0 Å². The molecule has 0 radical (unpaired) electrons. The maximum Gasteiger partial charge on any atom is 0.326 e. The molecular formula is C55H100N4O29. The first kappa shape index (κ1) is 78.7. The van der Waals surface area contributed by atoms with Gasteiger partial charge in [0.15, 0.2) is 18.9 Å². The molecule has 0 aromatic heterocycles. The lowest BCUT2D eigenvalue weighted by Gasteiger charge is -2.36. The van der Waals surface area contributed by atoms with Crippen molar-refractivity contribution in [2.45, 2.75) is 144 Å². The summed E-state index contributed by atoms with van der Waals surface area (Å²) in [4.78, 5) is 63.5. The highest BCUT2D eigenvalue weighted by atomic mass is 16.7. The van der Waals surface area contributed by atoms with Crippen LogP contribution >= 0.6 is 0 Å². The summed E-state index contributed by atoms with van der Waals surface area (Å²) in [6.07, 6.45) is -7.91. The van der Waals surface area contributed by atoms with Gasteiger partial charge < -0.3 is 138 Å². The Hall–Kier alpha value is -3.57. The van der Waals surface area contributed by atoms with E-state index in [0.29, 0.717) is 32.1 Å². The number of carboxylic acids is 1. The number of aliphatic carboxylic acids is 1. The van der Waals surface area contributed by atoms with Crippen LogP contribution in [0.4, 0.5) is 0 Å². The molecule has 88 heavy (non-hydrogen) atoms. The van der Waals surface area contributed by atoms with Crippen LogP contribution in [0.15, 0.2) is 0 Å². The quantitative estimate of drug-likeness (QED) is 0.0253. The van der Waals surface area contributed by atoms with Crippen molar-refractivity contribution in [3.05, 3.63) is 0 Å². The van der Waals surface area contributed by atoms with Crippen LogP contribution in [0.3, 0.4) is 0 Å². The Morgan fingerprint density at radius 2 is 0.750 bits per heavy atom. The number of aliphatic hydroxyl groups excluding tert-OH is 8. The van der Waals surface area contributed by atoms with E-state index in [4.69, 9.17) is 71.1 Å². The highest BCUT2D eigenvalue weighted by Crippen LogP contribution is 2.26. The molecular weight excluding hydrogens is 1180 g/mol. The number of amides is 4. The van der Waals surface area contributed by atoms with Gasteiger partial charge in [0, 0.05) is 32.4 Å². The zero-order valence-electron chi connectivity index (χ0n) is 50.5. The van der Waals surface area contributed by atoms with E-state index in [-0.39, 0.29) is 183 Å². The topological polar surface area (TPSA) is 454 Å². The molecule has 4 amide bonds. The first-order chi connectivity index (χ1) is 42.6. The molecule has 0 unspecified atom stereocenters. The van der Waals surface area contributed by atoms with Crippen LogP contribution in [0.1, 0.15) is 64.7 Å². The van der Waals surface area contributed by atoms with Gasteiger partial charge in [0.2, 0.25) is 23.6 Å². The standard InChI is InChI=1S/C55H100N4O29/c1-37-28-48(86-42(31-60)51(37)68)83-25-22-77-13-12-76-18-21-82-36-47(67)58-38(6-2-4-8-56-45(65)34-80-19-16-74-10-14-78-23-26-84-49-29-40(63)52(69)43(32-61)87-49)54(71)59-39(55(72)73)7-3-5-9-57-46(66)35-81-20-17-75-11-15-79-24-27-85-50-30-41(64)53(70)44(33-62)88-50/h37-44,48-53,60-64,68-70H,2-36H2,1H3,(H,56,65)(H,57,66)(H,58,67)(H,59,71)(H,72,73)/t37-,38+,39+,40-,41-,42-,43-,44-,48-,49-,50-,51-,52-,53-/m1/s1. The molecule has 0 aliphatic carbocycles. The maximum absolute atomic E-state index is 13.6. The van der Waals surface area contributed by atoms with E-state index in [1.165, 1.54) is 0 Å². The molecule has 514 valence electrons. The minimum Gasteiger partial charge on any atom is -0.480 e. The van der Waals surface area contributed by atoms with Crippen molar-refractivity contribution in [1.82, 2.24) is 21.3 Å². The third kappa shape index (κ3) is 35.3. The Labute approximate surface area is 512 Å². The second kappa shape index (κ2) is 49.1. The molecule has 0 bridgehead atoms. The molecule has 0 aromatic rings. The summed E-state index contributed by atoms with van der Waals surface area (Å²) in [5, 5.41) is 97.9. The van der Waals surface area contributed by atoms with Gasteiger partial charge in [-0.1, -0.05) is 6.92 Å². The molecule has 33 nitrogen and oxygen atoms in total. The van der Waals surface area contributed by atoms with Crippen LogP contribution in [-0.2, 0) is 95.0 Å². The van der Waals surface area contributed by atoms with Gasteiger partial charge in [-0.3, -0.25) is 19.2 Å². The van der Waals surface area contributed by atoms with Gasteiger partial charge in [0.1, 0.15) is 62.4 Å². The first-order valence-electron chi connectivity index (χ1n) is 30.2. The smallest absolute Gasteiger partial charge is 0.326 e. The number of aliphatic hydroxyl groups is 8. The van der Waals surface area contributed by atoms with Gasteiger partial charge in [-0.05, 0) is 44.4 Å². The monoisotopic (exact) mass is 1280 g/mol. The summed E-state index contributed by atoms with van der Waals surface area (Å²) in [6.45, 7) is 3.61. The Morgan fingerprint density at radius 3 is 1.12 bits per heavy atom. The van der Waals surface area contributed by atoms with Gasteiger partial charge in [0.25, 0.3) is 0 Å². The van der Waals surface area contributed by atoms with Crippen molar-refractivity contribution < 1.29 is 141 Å². The predicted octanol–water partition coefficient (Wildman–Crippen LogP) is -5.42. The fourth-order valence-electron chi connectivity index (χ4n) is 8.81. The molecule has 0 spiro atoms. The highest BCUT2D eigenvalue weighted by molar-refractivity contribution is 5.90. The largest absolute Gasteiger partial charge is 0.480 e. The van der Waals surface area contributed by atoms with Crippen molar-refractivity contribution in [3.8, 4) is 0 Å². The third-order valence-electron chi connectivity index (χ3n) is 13.7. The lowest BCUT2D eigenvalue weighted by molar-refractivity contribution is -0.259. The van der Waals surface area contributed by atoms with Crippen LogP contribution in [-0.4, -0.2) is 327 Å². The normalized spacial score (nSPS) is 25.4. The number of carbonyl (C=O) groups excluding carboxylic acids is 4. The number of carboxylic acid groups (broad SMARTS) is 1. The Bertz CT molecular complexity index is 1840. The number of carbonyl (C=O) groups is 5. The Balaban J connectivity index is 1.28. The van der Waals surface area contributed by atoms with Crippen LogP contribution in [0.25, 0.3) is 0 Å². The minimum atomic E-state index is -1.32. The summed E-state index contributed by atoms with van der Waals surface area (Å²) < 4.78 is 81.9. The van der Waals surface area contributed by atoms with E-state index >= 15 is 0 Å². The molecule has 33 heteroatoms. The lowest BCUT2D eigenvalue weighted by atomic mass is 9.93. The summed E-state index contributed by atoms with van der Waals surface area (Å²) in [5.74, 6) is -3.57. The molecule has 3 aliphatic rings. The molecule has 3 rings (SSSR count).